The van der Waals surface area contributed by atoms with Crippen molar-refractivity contribution in [1.29, 1.82) is 0 Å². The normalized spacial score (nSPS) is 32.7. The number of aromatic amines is 1. The lowest BCUT2D eigenvalue weighted by Crippen LogP contribution is -2.39. The number of hydrogen-bond donors (Lipinski definition) is 9. The molecule has 10 N–H and O–H groups in total. The fourth-order valence-electron chi connectivity index (χ4n) is 4.27. The molecule has 184 valence electrons. The van der Waals surface area contributed by atoms with Crippen LogP contribution in [0.2, 0.25) is 0 Å². The van der Waals surface area contributed by atoms with Gasteiger partial charge in [0, 0.05) is 18.8 Å². The number of nitrogens with one attached hydrogen (secondary N) is 2. The summed E-state index contributed by atoms with van der Waals surface area (Å²) in [6.45, 7) is -0.590. The molecule has 2 fully saturated rings. The molecule has 2 aliphatic rings. The molecule has 0 spiro atoms. The second-order valence-corrected chi connectivity index (χ2v) is 9.41. The molecule has 2 aromatic rings. The first-order valence-corrected chi connectivity index (χ1v) is 11.7. The molecule has 0 unspecified atom stereocenters. The number of phosphoric ester groups is 1. The fourth-order valence-corrected chi connectivity index (χ4v) is 4.61. The van der Waals surface area contributed by atoms with Crippen LogP contribution in [0.5, 0.6) is 0 Å². The average Bonchev–Trinajstić information content (AvgIpc) is 3.34. The number of H-pyrrole nitrogens is 1. The number of aromatic nitrogens is 3. The Balaban J connectivity index is 1.64. The molecule has 1 aliphatic carbocycles. The maximum atomic E-state index is 12.6. The summed E-state index contributed by atoms with van der Waals surface area (Å²) in [4.78, 5) is 36.9. The van der Waals surface area contributed by atoms with E-state index in [1.807, 2.05) is 0 Å². The van der Waals surface area contributed by atoms with Crippen molar-refractivity contribution < 1.29 is 44.0 Å². The van der Waals surface area contributed by atoms with Gasteiger partial charge in [-0.1, -0.05) is 0 Å². The third-order valence-corrected chi connectivity index (χ3v) is 6.42. The number of aliphatic hydroxyl groups excluding tert-OH is 4. The van der Waals surface area contributed by atoms with E-state index in [1.54, 1.807) is 0 Å². The van der Waals surface area contributed by atoms with Crippen LogP contribution < -0.4 is 16.6 Å². The van der Waals surface area contributed by atoms with Crippen LogP contribution in [-0.4, -0.2) is 87.9 Å². The molecule has 4 rings (SSSR count). The molecule has 3 heterocycles. The number of nitrogens with two attached hydrogens (primary N) is 1. The van der Waals surface area contributed by atoms with Gasteiger partial charge >= 0.3 is 7.82 Å². The molecule has 0 radical (unpaired) electrons. The van der Waals surface area contributed by atoms with Gasteiger partial charge in [0.15, 0.2) is 11.9 Å². The summed E-state index contributed by atoms with van der Waals surface area (Å²) in [6.07, 6.45) is -5.02. The van der Waals surface area contributed by atoms with Crippen molar-refractivity contribution in [2.45, 2.75) is 62.2 Å². The minimum absolute atomic E-state index is 0.0489. The van der Waals surface area contributed by atoms with Crippen LogP contribution in [0.15, 0.2) is 11.0 Å². The molecule has 1 saturated heterocycles. The highest BCUT2D eigenvalue weighted by Gasteiger charge is 2.45. The number of rotatable bonds is 7. The van der Waals surface area contributed by atoms with E-state index in [4.69, 9.17) is 20.3 Å². The monoisotopic (exact) mass is 491 g/mol. The van der Waals surface area contributed by atoms with Gasteiger partial charge in [0.2, 0.25) is 5.95 Å². The van der Waals surface area contributed by atoms with E-state index < -0.39 is 62.8 Å². The number of nitrogen functional groups attached to an aromatic ring is 1. The largest absolute Gasteiger partial charge is 0.469 e. The van der Waals surface area contributed by atoms with Gasteiger partial charge in [0.25, 0.3) is 5.56 Å². The number of fused-ring (bicyclic) bond motifs is 1. The van der Waals surface area contributed by atoms with Crippen molar-refractivity contribution in [2.24, 2.45) is 0 Å². The first-order valence-electron chi connectivity index (χ1n) is 10.2. The highest BCUT2D eigenvalue weighted by atomic mass is 31.2. The maximum Gasteiger partial charge on any atom is 0.469 e. The van der Waals surface area contributed by atoms with Gasteiger partial charge in [-0.15, -0.1) is 0 Å². The van der Waals surface area contributed by atoms with E-state index in [1.165, 1.54) is 10.8 Å². The number of ether oxygens (including phenoxy) is 1. The Kier molecular flexibility index (Phi) is 6.63. The van der Waals surface area contributed by atoms with Crippen molar-refractivity contribution in [3.05, 3.63) is 22.1 Å². The van der Waals surface area contributed by atoms with Crippen LogP contribution >= 0.6 is 7.82 Å². The molecular formula is C17H26N5O10P. The Hall–Kier alpha value is -1.91. The zero-order chi connectivity index (χ0) is 24.1. The van der Waals surface area contributed by atoms with Crippen LogP contribution in [0.1, 0.15) is 24.6 Å². The summed E-state index contributed by atoms with van der Waals surface area (Å²) >= 11 is 0. The maximum absolute atomic E-state index is 12.6. The van der Waals surface area contributed by atoms with Crippen molar-refractivity contribution in [2.75, 3.05) is 12.3 Å². The van der Waals surface area contributed by atoms with Gasteiger partial charge in [-0.3, -0.25) is 14.3 Å². The van der Waals surface area contributed by atoms with Gasteiger partial charge in [0.05, 0.1) is 24.2 Å². The topological polar surface area (TPSA) is 246 Å². The van der Waals surface area contributed by atoms with Crippen LogP contribution in [0.4, 0.5) is 5.95 Å². The van der Waals surface area contributed by atoms with Crippen molar-refractivity contribution >= 4 is 24.8 Å². The second kappa shape index (κ2) is 9.03. The molecule has 15 nitrogen and oxygen atoms in total. The molecule has 1 aliphatic heterocycles. The molecule has 0 aromatic carbocycles. The number of anilines is 1. The third-order valence-electron chi connectivity index (χ3n) is 5.93. The summed E-state index contributed by atoms with van der Waals surface area (Å²) in [5.74, 6) is -0.199. The molecule has 16 heteroatoms. The minimum atomic E-state index is -4.83. The van der Waals surface area contributed by atoms with Crippen molar-refractivity contribution in [1.82, 2.24) is 19.9 Å². The SMILES string of the molecule is Nc1nc2c(c(CN[C@H]3CC[C@H](O)[C@@H]3O)cn2[C@@H]2O[C@H](COP(=O)(O)O)[C@@H](O)[C@H]2O)c(=O)[nH]1. The molecule has 7 atom stereocenters. The van der Waals surface area contributed by atoms with Gasteiger partial charge in [-0.2, -0.15) is 4.98 Å². The number of phosphoric acid groups is 1. The van der Waals surface area contributed by atoms with Crippen LogP contribution in [0, 0.1) is 0 Å². The predicted molar refractivity (Wildman–Crippen MR) is 111 cm³/mol. The molecule has 0 amide bonds. The smallest absolute Gasteiger partial charge is 0.390 e. The first kappa shape index (κ1) is 24.2. The van der Waals surface area contributed by atoms with Gasteiger partial charge in [-0.05, 0) is 18.4 Å². The summed E-state index contributed by atoms with van der Waals surface area (Å²) in [7, 11) is -4.83. The Bertz CT molecular complexity index is 1120. The number of nitrogens with zero attached hydrogens (tertiary/aromatic N) is 2. The minimum Gasteiger partial charge on any atom is -0.390 e. The van der Waals surface area contributed by atoms with E-state index in [0.29, 0.717) is 18.4 Å². The zero-order valence-corrected chi connectivity index (χ0v) is 18.1. The van der Waals surface area contributed by atoms with Crippen LogP contribution in [0.3, 0.4) is 0 Å². The molecule has 2 aromatic heterocycles. The van der Waals surface area contributed by atoms with Gasteiger partial charge < -0.3 is 50.6 Å². The summed E-state index contributed by atoms with van der Waals surface area (Å²) in [5, 5.41) is 43.8. The summed E-state index contributed by atoms with van der Waals surface area (Å²) < 4.78 is 22.2. The predicted octanol–water partition coefficient (Wildman–Crippen LogP) is -2.99. The standard InChI is InChI=1S/C17H26N5O10P/c18-17-20-14-10(15(27)21-17)6(3-19-7-1-2-8(23)11(7)24)4-22(14)16-13(26)12(25)9(32-16)5-31-33(28,29)30/h4,7-9,11-13,16,19,23-26H,1-3,5H2,(H2,28,29,30)(H3,18,20,21,27)/t7-,8-,9+,11+,12+,13+,16+/m0/s1. The Labute approximate surface area is 186 Å². The number of aliphatic hydroxyl groups is 4. The molecule has 1 saturated carbocycles. The highest BCUT2D eigenvalue weighted by Crippen LogP contribution is 2.39. The Morgan fingerprint density at radius 2 is 1.97 bits per heavy atom. The lowest BCUT2D eigenvalue weighted by Gasteiger charge is -2.18. The first-order chi connectivity index (χ1) is 15.5. The third kappa shape index (κ3) is 4.83. The van der Waals surface area contributed by atoms with E-state index in [9.17, 15) is 29.8 Å². The Morgan fingerprint density at radius 3 is 2.61 bits per heavy atom. The molecular weight excluding hydrogens is 465 g/mol. The zero-order valence-electron chi connectivity index (χ0n) is 17.2. The van der Waals surface area contributed by atoms with Crippen LogP contribution in [-0.2, 0) is 20.4 Å². The molecule has 0 bridgehead atoms. The summed E-state index contributed by atoms with van der Waals surface area (Å²) in [5.41, 5.74) is 5.59. The lowest BCUT2D eigenvalue weighted by atomic mass is 10.1. The number of hydrogen-bond acceptors (Lipinski definition) is 11. The van der Waals surface area contributed by atoms with Gasteiger partial charge in [0.1, 0.15) is 18.3 Å². The van der Waals surface area contributed by atoms with E-state index in [2.05, 4.69) is 19.8 Å². The lowest BCUT2D eigenvalue weighted by molar-refractivity contribution is -0.0502. The average molecular weight is 491 g/mol. The van der Waals surface area contributed by atoms with E-state index >= 15 is 0 Å². The summed E-state index contributed by atoms with van der Waals surface area (Å²) in [6, 6.07) is -0.399. The van der Waals surface area contributed by atoms with Crippen molar-refractivity contribution in [3.63, 3.8) is 0 Å². The van der Waals surface area contributed by atoms with Crippen LogP contribution in [0.25, 0.3) is 11.0 Å². The van der Waals surface area contributed by atoms with Crippen molar-refractivity contribution in [3.8, 4) is 0 Å². The Morgan fingerprint density at radius 1 is 1.24 bits per heavy atom. The second-order valence-electron chi connectivity index (χ2n) is 8.17. The highest BCUT2D eigenvalue weighted by molar-refractivity contribution is 7.46. The fraction of sp³-hybridized carbons (Fsp3) is 0.647. The quantitative estimate of drug-likeness (QED) is 0.176. The van der Waals surface area contributed by atoms with E-state index in [-0.39, 0.29) is 23.5 Å². The van der Waals surface area contributed by atoms with Gasteiger partial charge in [-0.25, -0.2) is 4.57 Å². The van der Waals surface area contributed by atoms with E-state index in [0.717, 1.165) is 0 Å². The molecule has 33 heavy (non-hydrogen) atoms.